The molecule has 3 atom stereocenters. The van der Waals surface area contributed by atoms with Crippen molar-refractivity contribution in [2.75, 3.05) is 6.61 Å². The van der Waals surface area contributed by atoms with Crippen molar-refractivity contribution in [3.63, 3.8) is 0 Å². The SMILES string of the molecule is CC(=O)O[C@@H]1OC(C)(C)O[C@@H]1[C@@H](COC(=O)c1ccccc1)OC=O. The monoisotopic (exact) mass is 352 g/mol. The van der Waals surface area contributed by atoms with E-state index in [1.807, 2.05) is 0 Å². The van der Waals surface area contributed by atoms with Crippen molar-refractivity contribution in [2.24, 2.45) is 0 Å². The predicted molar refractivity (Wildman–Crippen MR) is 83.3 cm³/mol. The Morgan fingerprint density at radius 2 is 1.92 bits per heavy atom. The summed E-state index contributed by atoms with van der Waals surface area (Å²) >= 11 is 0. The van der Waals surface area contributed by atoms with E-state index < -0.39 is 36.2 Å². The molecule has 1 heterocycles. The van der Waals surface area contributed by atoms with E-state index in [0.29, 0.717) is 5.56 Å². The molecule has 0 spiro atoms. The van der Waals surface area contributed by atoms with E-state index in [4.69, 9.17) is 23.7 Å². The molecule has 2 rings (SSSR count). The molecule has 0 radical (unpaired) electrons. The predicted octanol–water partition coefficient (Wildman–Crippen LogP) is 1.43. The lowest BCUT2D eigenvalue weighted by Gasteiger charge is -2.24. The van der Waals surface area contributed by atoms with Gasteiger partial charge in [-0.15, -0.1) is 0 Å². The summed E-state index contributed by atoms with van der Waals surface area (Å²) < 4.78 is 26.3. The van der Waals surface area contributed by atoms with Crippen LogP contribution in [0.2, 0.25) is 0 Å². The average Bonchev–Trinajstić information content (AvgIpc) is 2.85. The lowest BCUT2D eigenvalue weighted by atomic mass is 10.2. The van der Waals surface area contributed by atoms with Gasteiger partial charge in [0.1, 0.15) is 6.61 Å². The van der Waals surface area contributed by atoms with Crippen LogP contribution in [0.15, 0.2) is 30.3 Å². The molecule has 1 saturated heterocycles. The van der Waals surface area contributed by atoms with Gasteiger partial charge in [0.25, 0.3) is 6.47 Å². The molecule has 1 aromatic carbocycles. The summed E-state index contributed by atoms with van der Waals surface area (Å²) in [7, 11) is 0. The molecule has 0 aromatic heterocycles. The van der Waals surface area contributed by atoms with Crippen LogP contribution in [0.5, 0.6) is 0 Å². The summed E-state index contributed by atoms with van der Waals surface area (Å²) in [4.78, 5) is 34.1. The van der Waals surface area contributed by atoms with Crippen molar-refractivity contribution in [1.82, 2.24) is 0 Å². The van der Waals surface area contributed by atoms with E-state index in [-0.39, 0.29) is 13.1 Å². The number of benzene rings is 1. The van der Waals surface area contributed by atoms with Gasteiger partial charge in [-0.05, 0) is 26.0 Å². The molecule has 0 N–H and O–H groups in total. The zero-order valence-electron chi connectivity index (χ0n) is 14.2. The number of rotatable bonds is 7. The van der Waals surface area contributed by atoms with Gasteiger partial charge in [0.15, 0.2) is 18.0 Å². The fourth-order valence-electron chi connectivity index (χ4n) is 2.36. The number of esters is 2. The first-order valence-electron chi connectivity index (χ1n) is 7.66. The minimum Gasteiger partial charge on any atom is -0.458 e. The summed E-state index contributed by atoms with van der Waals surface area (Å²) in [6.45, 7) is 4.39. The van der Waals surface area contributed by atoms with E-state index in [1.54, 1.807) is 44.2 Å². The molecule has 1 aromatic rings. The average molecular weight is 352 g/mol. The Kier molecular flexibility index (Phi) is 6.11. The van der Waals surface area contributed by atoms with Crippen LogP contribution in [0.3, 0.4) is 0 Å². The van der Waals surface area contributed by atoms with Crippen molar-refractivity contribution in [3.05, 3.63) is 35.9 Å². The molecule has 136 valence electrons. The van der Waals surface area contributed by atoms with Gasteiger partial charge in [-0.1, -0.05) is 18.2 Å². The Balaban J connectivity index is 2.06. The van der Waals surface area contributed by atoms with Gasteiger partial charge >= 0.3 is 11.9 Å². The maximum atomic E-state index is 12.0. The first kappa shape index (κ1) is 18.9. The Hall–Kier alpha value is -2.45. The first-order valence-corrected chi connectivity index (χ1v) is 7.66. The normalized spacial score (nSPS) is 22.7. The van der Waals surface area contributed by atoms with Gasteiger partial charge in [0.05, 0.1) is 5.56 Å². The minimum absolute atomic E-state index is 0.209. The van der Waals surface area contributed by atoms with Crippen LogP contribution in [0, 0.1) is 0 Å². The van der Waals surface area contributed by atoms with Gasteiger partial charge in [-0.25, -0.2) is 4.79 Å². The second-order valence-corrected chi connectivity index (χ2v) is 5.81. The highest BCUT2D eigenvalue weighted by Gasteiger charge is 2.48. The molecule has 8 heteroatoms. The second-order valence-electron chi connectivity index (χ2n) is 5.81. The Bertz CT molecular complexity index is 612. The first-order chi connectivity index (χ1) is 11.8. The molecule has 0 amide bonds. The lowest BCUT2D eigenvalue weighted by Crippen LogP contribution is -2.42. The molecule has 0 bridgehead atoms. The fraction of sp³-hybridized carbons (Fsp3) is 0.471. The van der Waals surface area contributed by atoms with E-state index in [1.165, 1.54) is 6.92 Å². The van der Waals surface area contributed by atoms with Crippen molar-refractivity contribution in [2.45, 2.75) is 45.1 Å². The van der Waals surface area contributed by atoms with Crippen LogP contribution < -0.4 is 0 Å². The second kappa shape index (κ2) is 8.09. The van der Waals surface area contributed by atoms with Gasteiger partial charge in [0.2, 0.25) is 6.29 Å². The lowest BCUT2D eigenvalue weighted by molar-refractivity contribution is -0.196. The summed E-state index contributed by atoms with van der Waals surface area (Å²) in [5.41, 5.74) is 0.354. The van der Waals surface area contributed by atoms with Crippen LogP contribution >= 0.6 is 0 Å². The van der Waals surface area contributed by atoms with Crippen LogP contribution in [-0.4, -0.2) is 49.3 Å². The molecule has 25 heavy (non-hydrogen) atoms. The highest BCUT2D eigenvalue weighted by atomic mass is 16.8. The third-order valence-electron chi connectivity index (χ3n) is 3.36. The highest BCUT2D eigenvalue weighted by molar-refractivity contribution is 5.89. The van der Waals surface area contributed by atoms with Crippen molar-refractivity contribution >= 4 is 18.4 Å². The number of hydrogen-bond acceptors (Lipinski definition) is 8. The molecule has 1 aliphatic heterocycles. The maximum Gasteiger partial charge on any atom is 0.338 e. The van der Waals surface area contributed by atoms with E-state index in [2.05, 4.69) is 0 Å². The Labute approximate surface area is 144 Å². The van der Waals surface area contributed by atoms with Crippen LogP contribution in [0.1, 0.15) is 31.1 Å². The third kappa shape index (κ3) is 5.27. The van der Waals surface area contributed by atoms with Gasteiger partial charge in [-0.2, -0.15) is 0 Å². The standard InChI is InChI=1S/C17H20O8/c1-11(19)23-16-14(24-17(2,3)25-16)13(22-10-18)9-21-15(20)12-7-5-4-6-8-12/h4-8,10,13-14,16H,9H2,1-3H3/t13-,14-,16-/m1/s1. The Morgan fingerprint density at radius 1 is 1.24 bits per heavy atom. The van der Waals surface area contributed by atoms with Crippen LogP contribution in [-0.2, 0) is 33.3 Å². The molecule has 0 unspecified atom stereocenters. The van der Waals surface area contributed by atoms with Crippen molar-refractivity contribution < 1.29 is 38.1 Å². The molecule has 0 aliphatic carbocycles. The largest absolute Gasteiger partial charge is 0.458 e. The maximum absolute atomic E-state index is 12.0. The van der Waals surface area contributed by atoms with Crippen LogP contribution in [0.4, 0.5) is 0 Å². The summed E-state index contributed by atoms with van der Waals surface area (Å²) in [5.74, 6) is -2.22. The Morgan fingerprint density at radius 3 is 2.52 bits per heavy atom. The van der Waals surface area contributed by atoms with Crippen LogP contribution in [0.25, 0.3) is 0 Å². The van der Waals surface area contributed by atoms with Gasteiger partial charge in [-0.3, -0.25) is 9.59 Å². The molecule has 1 aliphatic rings. The molecular weight excluding hydrogens is 332 g/mol. The zero-order valence-corrected chi connectivity index (χ0v) is 14.2. The topological polar surface area (TPSA) is 97.4 Å². The molecule has 8 nitrogen and oxygen atoms in total. The number of hydrogen-bond donors (Lipinski definition) is 0. The summed E-state index contributed by atoms with van der Waals surface area (Å²) in [6, 6.07) is 8.35. The minimum atomic E-state index is -1.09. The zero-order chi connectivity index (χ0) is 18.4. The smallest absolute Gasteiger partial charge is 0.338 e. The highest BCUT2D eigenvalue weighted by Crippen LogP contribution is 2.31. The van der Waals surface area contributed by atoms with E-state index in [9.17, 15) is 14.4 Å². The van der Waals surface area contributed by atoms with Gasteiger partial charge < -0.3 is 23.7 Å². The molecule has 1 fully saturated rings. The summed E-state index contributed by atoms with van der Waals surface area (Å²) in [6.07, 6.45) is -3.03. The number of carbonyl (C=O) groups excluding carboxylic acids is 3. The molecule has 0 saturated carbocycles. The summed E-state index contributed by atoms with van der Waals surface area (Å²) in [5, 5.41) is 0. The molecular formula is C17H20O8. The third-order valence-corrected chi connectivity index (χ3v) is 3.36. The van der Waals surface area contributed by atoms with Crippen molar-refractivity contribution in [3.8, 4) is 0 Å². The van der Waals surface area contributed by atoms with Crippen molar-refractivity contribution in [1.29, 1.82) is 0 Å². The van der Waals surface area contributed by atoms with E-state index in [0.717, 1.165) is 0 Å². The quantitative estimate of drug-likeness (QED) is 0.413. The number of carbonyl (C=O) groups is 3. The fourth-order valence-corrected chi connectivity index (χ4v) is 2.36. The van der Waals surface area contributed by atoms with Gasteiger partial charge in [0, 0.05) is 6.92 Å². The van der Waals surface area contributed by atoms with E-state index >= 15 is 0 Å². The number of ether oxygens (including phenoxy) is 5.